The quantitative estimate of drug-likeness (QED) is 0.787. The van der Waals surface area contributed by atoms with Crippen molar-refractivity contribution in [3.8, 4) is 5.75 Å². The summed E-state index contributed by atoms with van der Waals surface area (Å²) in [6.45, 7) is 9.80. The van der Waals surface area contributed by atoms with Gasteiger partial charge in [-0.3, -0.25) is 0 Å². The summed E-state index contributed by atoms with van der Waals surface area (Å²) in [5, 5.41) is 0. The largest absolute Gasteiger partial charge is 0.493 e. The monoisotopic (exact) mass is 314 g/mol. The van der Waals surface area contributed by atoms with Crippen LogP contribution in [0.5, 0.6) is 5.75 Å². The molecule has 0 N–H and O–H groups in total. The van der Waals surface area contributed by atoms with Crippen LogP contribution in [0.15, 0.2) is 16.6 Å². The molecule has 0 unspecified atom stereocenters. The van der Waals surface area contributed by atoms with Crippen molar-refractivity contribution in [3.63, 3.8) is 0 Å². The Kier molecular flexibility index (Phi) is 4.79. The van der Waals surface area contributed by atoms with Gasteiger partial charge in [0, 0.05) is 4.47 Å². The predicted molar refractivity (Wildman–Crippen MR) is 75.2 cm³/mol. The molecule has 1 aromatic carbocycles. The van der Waals surface area contributed by atoms with E-state index in [1.807, 2.05) is 40.7 Å². The average molecular weight is 315 g/mol. The summed E-state index contributed by atoms with van der Waals surface area (Å²) in [6, 6.07) is 3.66. The van der Waals surface area contributed by atoms with Gasteiger partial charge in [0.05, 0.1) is 6.61 Å². The van der Waals surface area contributed by atoms with Gasteiger partial charge in [-0.15, -0.1) is 0 Å². The van der Waals surface area contributed by atoms with Crippen LogP contribution in [0.2, 0.25) is 0 Å². The number of benzene rings is 1. The Morgan fingerprint density at radius 2 is 1.94 bits per heavy atom. The molecule has 0 saturated carbocycles. The number of hydrogen-bond donors (Lipinski definition) is 0. The van der Waals surface area contributed by atoms with Gasteiger partial charge in [-0.1, -0.05) is 15.9 Å². The van der Waals surface area contributed by atoms with Crippen molar-refractivity contribution >= 4 is 21.9 Å². The van der Waals surface area contributed by atoms with Crippen LogP contribution in [-0.4, -0.2) is 18.2 Å². The fourth-order valence-corrected chi connectivity index (χ4v) is 2.12. The number of esters is 1. The zero-order valence-electron chi connectivity index (χ0n) is 11.5. The number of ether oxygens (including phenoxy) is 2. The summed E-state index contributed by atoms with van der Waals surface area (Å²) in [5.74, 6) is 0.203. The van der Waals surface area contributed by atoms with E-state index in [0.717, 1.165) is 10.0 Å². The molecule has 18 heavy (non-hydrogen) atoms. The first-order valence-electron chi connectivity index (χ1n) is 5.91. The molecule has 0 spiro atoms. The van der Waals surface area contributed by atoms with Gasteiger partial charge in [0.25, 0.3) is 0 Å². The minimum atomic E-state index is -0.514. The lowest BCUT2D eigenvalue weighted by Crippen LogP contribution is -2.24. The lowest BCUT2D eigenvalue weighted by Gasteiger charge is -2.21. The van der Waals surface area contributed by atoms with Gasteiger partial charge in [0.2, 0.25) is 0 Å². The summed E-state index contributed by atoms with van der Waals surface area (Å²) < 4.78 is 11.8. The Bertz CT molecular complexity index is 447. The number of carbonyl (C=O) groups excluding carboxylic acids is 1. The maximum absolute atomic E-state index is 12.2. The molecule has 0 atom stereocenters. The number of hydrogen-bond acceptors (Lipinski definition) is 3. The zero-order chi connectivity index (χ0) is 13.9. The summed E-state index contributed by atoms with van der Waals surface area (Å²) in [4.78, 5) is 12.2. The van der Waals surface area contributed by atoms with Gasteiger partial charge < -0.3 is 9.47 Å². The minimum Gasteiger partial charge on any atom is -0.493 e. The van der Waals surface area contributed by atoms with E-state index >= 15 is 0 Å². The highest BCUT2D eigenvalue weighted by atomic mass is 79.9. The molecule has 0 aliphatic carbocycles. The summed E-state index contributed by atoms with van der Waals surface area (Å²) in [6.07, 6.45) is 0. The van der Waals surface area contributed by atoms with E-state index in [9.17, 15) is 4.79 Å². The highest BCUT2D eigenvalue weighted by Crippen LogP contribution is 2.29. The highest BCUT2D eigenvalue weighted by molar-refractivity contribution is 9.10. The number of rotatable bonds is 3. The van der Waals surface area contributed by atoms with Crippen LogP contribution < -0.4 is 4.74 Å². The summed E-state index contributed by atoms with van der Waals surface area (Å²) in [5.41, 5.74) is 0.817. The maximum Gasteiger partial charge on any atom is 0.342 e. The molecule has 1 aromatic rings. The molecule has 0 radical (unpaired) electrons. The predicted octanol–water partition coefficient (Wildman–Crippen LogP) is 4.11. The van der Waals surface area contributed by atoms with Crippen LogP contribution in [0.4, 0.5) is 0 Å². The second kappa shape index (κ2) is 5.74. The lowest BCUT2D eigenvalue weighted by molar-refractivity contribution is 0.00652. The second-order valence-corrected chi connectivity index (χ2v) is 5.95. The molecule has 100 valence electrons. The third-order valence-electron chi connectivity index (χ3n) is 2.17. The molecule has 0 aromatic heterocycles. The Balaban J connectivity index is 3.17. The zero-order valence-corrected chi connectivity index (χ0v) is 13.1. The molecule has 4 heteroatoms. The minimum absolute atomic E-state index is 0.351. The normalized spacial score (nSPS) is 11.2. The fraction of sp³-hybridized carbons (Fsp3) is 0.500. The molecule has 0 amide bonds. The first-order chi connectivity index (χ1) is 8.24. The Morgan fingerprint density at radius 3 is 2.44 bits per heavy atom. The molecule has 0 aliphatic rings. The Morgan fingerprint density at radius 1 is 1.33 bits per heavy atom. The van der Waals surface area contributed by atoms with E-state index in [-0.39, 0.29) is 5.97 Å². The molecule has 3 nitrogen and oxygen atoms in total. The molecule has 0 heterocycles. The Labute approximate surface area is 117 Å². The van der Waals surface area contributed by atoms with Crippen LogP contribution >= 0.6 is 15.9 Å². The van der Waals surface area contributed by atoms with Crippen molar-refractivity contribution in [2.24, 2.45) is 0 Å². The second-order valence-electron chi connectivity index (χ2n) is 5.03. The van der Waals surface area contributed by atoms with Crippen LogP contribution in [0.25, 0.3) is 0 Å². The standard InChI is InChI=1S/C14H19BrO3/c1-6-17-11-8-10(15)7-9(2)12(11)13(16)18-14(3,4)5/h7-8H,6H2,1-5H3. The topological polar surface area (TPSA) is 35.5 Å². The number of halogens is 1. The van der Waals surface area contributed by atoms with Gasteiger partial charge in [0.1, 0.15) is 16.9 Å². The van der Waals surface area contributed by atoms with Crippen LogP contribution in [0.1, 0.15) is 43.6 Å². The van der Waals surface area contributed by atoms with E-state index in [1.165, 1.54) is 0 Å². The van der Waals surface area contributed by atoms with Crippen LogP contribution in [0.3, 0.4) is 0 Å². The van der Waals surface area contributed by atoms with Gasteiger partial charge in [-0.05, 0) is 52.3 Å². The number of carbonyl (C=O) groups is 1. The van der Waals surface area contributed by atoms with E-state index in [1.54, 1.807) is 6.07 Å². The molecule has 0 aliphatic heterocycles. The summed E-state index contributed by atoms with van der Waals surface area (Å²) in [7, 11) is 0. The maximum atomic E-state index is 12.2. The van der Waals surface area contributed by atoms with Gasteiger partial charge in [0.15, 0.2) is 0 Å². The van der Waals surface area contributed by atoms with Gasteiger partial charge in [-0.25, -0.2) is 4.79 Å². The van der Waals surface area contributed by atoms with Gasteiger partial charge in [-0.2, -0.15) is 0 Å². The first-order valence-corrected chi connectivity index (χ1v) is 6.70. The molecule has 1 rings (SSSR count). The lowest BCUT2D eigenvalue weighted by atomic mass is 10.1. The summed E-state index contributed by atoms with van der Waals surface area (Å²) >= 11 is 3.40. The smallest absolute Gasteiger partial charge is 0.342 e. The van der Waals surface area contributed by atoms with E-state index < -0.39 is 5.60 Å². The van der Waals surface area contributed by atoms with E-state index in [0.29, 0.717) is 17.9 Å². The molecule has 0 bridgehead atoms. The van der Waals surface area contributed by atoms with Crippen molar-refractivity contribution in [3.05, 3.63) is 27.7 Å². The van der Waals surface area contributed by atoms with Crippen molar-refractivity contribution in [2.45, 2.75) is 40.2 Å². The van der Waals surface area contributed by atoms with Gasteiger partial charge >= 0.3 is 5.97 Å². The Hall–Kier alpha value is -1.03. The van der Waals surface area contributed by atoms with Crippen LogP contribution in [0, 0.1) is 6.92 Å². The first kappa shape index (κ1) is 15.0. The molecular weight excluding hydrogens is 296 g/mol. The molecule has 0 fully saturated rings. The van der Waals surface area contributed by atoms with Crippen LogP contribution in [-0.2, 0) is 4.74 Å². The fourth-order valence-electron chi connectivity index (χ4n) is 1.57. The highest BCUT2D eigenvalue weighted by Gasteiger charge is 2.23. The molecule has 0 saturated heterocycles. The van der Waals surface area contributed by atoms with Crippen molar-refractivity contribution in [1.29, 1.82) is 0 Å². The average Bonchev–Trinajstić information content (AvgIpc) is 2.13. The third-order valence-corrected chi connectivity index (χ3v) is 2.62. The SMILES string of the molecule is CCOc1cc(Br)cc(C)c1C(=O)OC(C)(C)C. The number of aryl methyl sites for hydroxylation is 1. The van der Waals surface area contributed by atoms with E-state index in [2.05, 4.69) is 15.9 Å². The third kappa shape index (κ3) is 4.02. The molecular formula is C14H19BrO3. The van der Waals surface area contributed by atoms with Crippen molar-refractivity contribution in [2.75, 3.05) is 6.61 Å². The van der Waals surface area contributed by atoms with Crippen molar-refractivity contribution < 1.29 is 14.3 Å². The van der Waals surface area contributed by atoms with E-state index in [4.69, 9.17) is 9.47 Å². The van der Waals surface area contributed by atoms with Crippen molar-refractivity contribution in [1.82, 2.24) is 0 Å².